The molecule has 0 heterocycles. The van der Waals surface area contributed by atoms with Crippen molar-refractivity contribution in [3.8, 4) is 0 Å². The van der Waals surface area contributed by atoms with Gasteiger partial charge in [0.25, 0.3) is 0 Å². The Morgan fingerprint density at radius 3 is 2.65 bits per heavy atom. The van der Waals surface area contributed by atoms with E-state index in [1.165, 1.54) is 18.9 Å². The van der Waals surface area contributed by atoms with E-state index in [9.17, 15) is 8.42 Å². The van der Waals surface area contributed by atoms with Crippen LogP contribution in [0.5, 0.6) is 0 Å². The van der Waals surface area contributed by atoms with Crippen molar-refractivity contribution in [1.29, 1.82) is 0 Å². The highest BCUT2D eigenvalue weighted by atomic mass is 79.9. The fraction of sp³-hybridized carbons (Fsp3) is 0.429. The highest BCUT2D eigenvalue weighted by Crippen LogP contribution is 2.43. The average Bonchev–Trinajstić information content (AvgIpc) is 2.98. The summed E-state index contributed by atoms with van der Waals surface area (Å²) >= 11 is 3.39. The van der Waals surface area contributed by atoms with Crippen molar-refractivity contribution in [2.45, 2.75) is 17.7 Å². The van der Waals surface area contributed by atoms with Gasteiger partial charge in [-0.15, -0.1) is 0 Å². The second-order valence-corrected chi connectivity index (χ2v) is 8.02. The summed E-state index contributed by atoms with van der Waals surface area (Å²) < 4.78 is 23.3. The Labute approximate surface area is 127 Å². The van der Waals surface area contributed by atoms with Crippen LogP contribution in [-0.4, -0.2) is 15.0 Å². The smallest absolute Gasteiger partial charge is 0.238 e. The Kier molecular flexibility index (Phi) is 3.64. The molecule has 3 rings (SSSR count). The molecule has 3 atom stereocenters. The number of nitrogens with one attached hydrogen (secondary N) is 1. The summed E-state index contributed by atoms with van der Waals surface area (Å²) in [6, 6.07) is 4.83. The van der Waals surface area contributed by atoms with Crippen LogP contribution >= 0.6 is 15.9 Å². The number of fused-ring (bicyclic) bond motifs is 2. The van der Waals surface area contributed by atoms with Gasteiger partial charge in [0.05, 0.1) is 4.90 Å². The molecule has 2 aliphatic rings. The Balaban J connectivity index is 1.68. The standard InChI is InChI=1S/C14H17BrN2O2S/c15-13-7-12(20(16,18)19)3-4-14(13)17-8-11-6-9-1-2-10(11)5-9/h1-4,7,9-11,17H,5-6,8H2,(H2,16,18,19). The van der Waals surface area contributed by atoms with Crippen molar-refractivity contribution < 1.29 is 8.42 Å². The molecular weight excluding hydrogens is 340 g/mol. The molecule has 4 nitrogen and oxygen atoms in total. The molecule has 6 heteroatoms. The number of allylic oxidation sites excluding steroid dienone is 2. The second-order valence-electron chi connectivity index (χ2n) is 5.61. The Hall–Kier alpha value is -0.850. The van der Waals surface area contributed by atoms with Gasteiger partial charge < -0.3 is 5.32 Å². The molecule has 0 aromatic heterocycles. The maximum Gasteiger partial charge on any atom is 0.238 e. The van der Waals surface area contributed by atoms with Gasteiger partial charge in [-0.05, 0) is 64.7 Å². The fourth-order valence-electron chi connectivity index (χ4n) is 3.19. The van der Waals surface area contributed by atoms with Crippen molar-refractivity contribution in [3.05, 3.63) is 34.8 Å². The lowest BCUT2D eigenvalue weighted by Gasteiger charge is -2.19. The lowest BCUT2D eigenvalue weighted by Crippen LogP contribution is -2.18. The Morgan fingerprint density at radius 1 is 1.30 bits per heavy atom. The number of rotatable bonds is 4. The lowest BCUT2D eigenvalue weighted by molar-refractivity contribution is 0.472. The maximum atomic E-state index is 11.3. The van der Waals surface area contributed by atoms with E-state index in [0.29, 0.717) is 11.8 Å². The molecule has 3 N–H and O–H groups in total. The van der Waals surface area contributed by atoms with E-state index >= 15 is 0 Å². The molecule has 3 unspecified atom stereocenters. The molecule has 20 heavy (non-hydrogen) atoms. The third-order valence-corrected chi connectivity index (χ3v) is 5.81. The highest BCUT2D eigenvalue weighted by molar-refractivity contribution is 9.10. The number of benzene rings is 1. The number of hydrogen-bond donors (Lipinski definition) is 2. The molecule has 1 aromatic rings. The summed E-state index contributed by atoms with van der Waals surface area (Å²) in [5, 5.41) is 8.52. The quantitative estimate of drug-likeness (QED) is 0.814. The molecule has 1 aromatic carbocycles. The zero-order valence-electron chi connectivity index (χ0n) is 10.9. The topological polar surface area (TPSA) is 72.2 Å². The molecule has 1 saturated carbocycles. The Bertz CT molecular complexity index is 657. The maximum absolute atomic E-state index is 11.3. The van der Waals surface area contributed by atoms with Crippen molar-refractivity contribution in [3.63, 3.8) is 0 Å². The molecule has 2 bridgehead atoms. The van der Waals surface area contributed by atoms with E-state index in [-0.39, 0.29) is 4.90 Å². The molecule has 0 aliphatic heterocycles. The summed E-state index contributed by atoms with van der Waals surface area (Å²) in [6.07, 6.45) is 7.20. The second kappa shape index (κ2) is 5.16. The van der Waals surface area contributed by atoms with Crippen LogP contribution in [0.2, 0.25) is 0 Å². The zero-order chi connectivity index (χ0) is 14.3. The van der Waals surface area contributed by atoms with E-state index < -0.39 is 10.0 Å². The first kappa shape index (κ1) is 14.1. The average molecular weight is 357 g/mol. The SMILES string of the molecule is NS(=O)(=O)c1ccc(NCC2CC3C=CC2C3)c(Br)c1. The van der Waals surface area contributed by atoms with E-state index in [4.69, 9.17) is 5.14 Å². The minimum Gasteiger partial charge on any atom is -0.384 e. The highest BCUT2D eigenvalue weighted by Gasteiger charge is 2.35. The zero-order valence-corrected chi connectivity index (χ0v) is 13.3. The molecule has 0 amide bonds. The van der Waals surface area contributed by atoms with Crippen LogP contribution in [0.15, 0.2) is 39.7 Å². The lowest BCUT2D eigenvalue weighted by atomic mass is 9.93. The minimum atomic E-state index is -3.65. The molecule has 1 fully saturated rings. The van der Waals surface area contributed by atoms with Crippen LogP contribution in [0.25, 0.3) is 0 Å². The van der Waals surface area contributed by atoms with Crippen LogP contribution in [0.4, 0.5) is 5.69 Å². The van der Waals surface area contributed by atoms with Crippen LogP contribution in [0.1, 0.15) is 12.8 Å². The predicted octanol–water partition coefficient (Wildman–Crippen LogP) is 2.72. The monoisotopic (exact) mass is 356 g/mol. The largest absolute Gasteiger partial charge is 0.384 e. The molecule has 108 valence electrons. The fourth-order valence-corrected chi connectivity index (χ4v) is 4.40. The van der Waals surface area contributed by atoms with E-state index in [2.05, 4.69) is 33.4 Å². The van der Waals surface area contributed by atoms with Gasteiger partial charge >= 0.3 is 0 Å². The number of halogens is 1. The van der Waals surface area contributed by atoms with Gasteiger partial charge in [-0.2, -0.15) is 0 Å². The van der Waals surface area contributed by atoms with Crippen molar-refractivity contribution >= 4 is 31.6 Å². The molecule has 0 radical (unpaired) electrons. The van der Waals surface area contributed by atoms with Crippen molar-refractivity contribution in [1.82, 2.24) is 0 Å². The summed E-state index contributed by atoms with van der Waals surface area (Å²) in [5.74, 6) is 2.14. The van der Waals surface area contributed by atoms with Gasteiger partial charge in [-0.25, -0.2) is 13.6 Å². The first-order valence-corrected chi connectivity index (χ1v) is 9.02. The van der Waals surface area contributed by atoms with Gasteiger partial charge in [0, 0.05) is 16.7 Å². The van der Waals surface area contributed by atoms with E-state index in [1.54, 1.807) is 12.1 Å². The number of sulfonamides is 1. The first-order valence-electron chi connectivity index (χ1n) is 6.68. The van der Waals surface area contributed by atoms with Crippen LogP contribution in [0.3, 0.4) is 0 Å². The van der Waals surface area contributed by atoms with E-state index in [0.717, 1.165) is 22.6 Å². The number of primary sulfonamides is 1. The molecule has 0 spiro atoms. The third-order valence-electron chi connectivity index (χ3n) is 4.24. The summed E-state index contributed by atoms with van der Waals surface area (Å²) in [7, 11) is -3.65. The van der Waals surface area contributed by atoms with Crippen LogP contribution in [0, 0.1) is 17.8 Å². The number of anilines is 1. The van der Waals surface area contributed by atoms with Crippen molar-refractivity contribution in [2.75, 3.05) is 11.9 Å². The van der Waals surface area contributed by atoms with Crippen LogP contribution in [-0.2, 0) is 10.0 Å². The summed E-state index contributed by atoms with van der Waals surface area (Å²) in [5.41, 5.74) is 0.907. The van der Waals surface area contributed by atoms with Crippen molar-refractivity contribution in [2.24, 2.45) is 22.9 Å². The number of hydrogen-bond acceptors (Lipinski definition) is 3. The number of nitrogens with two attached hydrogens (primary N) is 1. The first-order chi connectivity index (χ1) is 9.43. The van der Waals surface area contributed by atoms with Gasteiger partial charge in [0.2, 0.25) is 10.0 Å². The predicted molar refractivity (Wildman–Crippen MR) is 82.8 cm³/mol. The molecule has 2 aliphatic carbocycles. The molecule has 0 saturated heterocycles. The van der Waals surface area contributed by atoms with E-state index in [1.807, 2.05) is 0 Å². The van der Waals surface area contributed by atoms with Gasteiger partial charge in [-0.3, -0.25) is 0 Å². The Morgan fingerprint density at radius 2 is 2.10 bits per heavy atom. The van der Waals surface area contributed by atoms with Gasteiger partial charge in [0.15, 0.2) is 0 Å². The minimum absolute atomic E-state index is 0.123. The van der Waals surface area contributed by atoms with Crippen LogP contribution < -0.4 is 10.5 Å². The third kappa shape index (κ3) is 2.77. The summed E-state index contributed by atoms with van der Waals surface area (Å²) in [4.78, 5) is 0.123. The van der Waals surface area contributed by atoms with Gasteiger partial charge in [-0.1, -0.05) is 12.2 Å². The normalized spacial score (nSPS) is 28.0. The summed E-state index contributed by atoms with van der Waals surface area (Å²) in [6.45, 7) is 0.916. The molecular formula is C14H17BrN2O2S. The van der Waals surface area contributed by atoms with Gasteiger partial charge in [0.1, 0.15) is 0 Å².